The lowest BCUT2D eigenvalue weighted by molar-refractivity contribution is 0.696. The molecule has 0 aliphatic heterocycles. The highest BCUT2D eigenvalue weighted by atomic mass is 15.0. The van der Waals surface area contributed by atoms with Crippen molar-refractivity contribution >= 4 is 5.84 Å². The number of aliphatic imine (C=N–C) groups is 1. The van der Waals surface area contributed by atoms with Gasteiger partial charge in [0.1, 0.15) is 5.84 Å². The molecule has 0 fully saturated rings. The second kappa shape index (κ2) is 8.79. The molecule has 0 aliphatic rings. The van der Waals surface area contributed by atoms with E-state index < -0.39 is 0 Å². The van der Waals surface area contributed by atoms with Crippen LogP contribution in [0.3, 0.4) is 0 Å². The van der Waals surface area contributed by atoms with Gasteiger partial charge in [0.05, 0.1) is 0 Å². The fourth-order valence-corrected chi connectivity index (χ4v) is 1.12. The first-order valence-corrected chi connectivity index (χ1v) is 5.62. The van der Waals surface area contributed by atoms with E-state index in [0.717, 1.165) is 18.8 Å². The summed E-state index contributed by atoms with van der Waals surface area (Å²) >= 11 is 0. The Labute approximate surface area is 88.5 Å². The molecule has 0 spiro atoms. The summed E-state index contributed by atoms with van der Waals surface area (Å²) in [7, 11) is 1.83. The predicted molar refractivity (Wildman–Crippen MR) is 64.9 cm³/mol. The minimum absolute atomic E-state index is 1.01. The van der Waals surface area contributed by atoms with E-state index in [1.54, 1.807) is 0 Å². The van der Waals surface area contributed by atoms with Crippen molar-refractivity contribution in [3.63, 3.8) is 0 Å². The van der Waals surface area contributed by atoms with E-state index in [1.165, 1.54) is 24.8 Å². The second-order valence-corrected chi connectivity index (χ2v) is 3.59. The summed E-state index contributed by atoms with van der Waals surface area (Å²) in [6.45, 7) is 7.55. The zero-order valence-electron chi connectivity index (χ0n) is 10.1. The van der Waals surface area contributed by atoms with Gasteiger partial charge in [-0.2, -0.15) is 0 Å². The van der Waals surface area contributed by atoms with Crippen molar-refractivity contribution in [1.29, 1.82) is 0 Å². The quantitative estimate of drug-likeness (QED) is 0.394. The zero-order chi connectivity index (χ0) is 10.8. The van der Waals surface area contributed by atoms with Gasteiger partial charge in [-0.1, -0.05) is 32.3 Å². The third-order valence-electron chi connectivity index (χ3n) is 2.27. The average molecular weight is 196 g/mol. The third kappa shape index (κ3) is 6.70. The minimum Gasteiger partial charge on any atom is -0.370 e. The third-order valence-corrected chi connectivity index (χ3v) is 2.27. The lowest BCUT2D eigenvalue weighted by Gasteiger charge is -2.06. The molecule has 0 bridgehead atoms. The molecule has 0 rings (SSSR count). The Morgan fingerprint density at radius 1 is 1.29 bits per heavy atom. The van der Waals surface area contributed by atoms with Crippen LogP contribution in [0.1, 0.15) is 46.5 Å². The maximum atomic E-state index is 4.20. The zero-order valence-corrected chi connectivity index (χ0v) is 10.1. The Kier molecular flexibility index (Phi) is 8.30. The molecule has 0 saturated heterocycles. The number of nitrogens with one attached hydrogen (secondary N) is 1. The van der Waals surface area contributed by atoms with Crippen LogP contribution in [0.15, 0.2) is 16.6 Å². The summed E-state index contributed by atoms with van der Waals surface area (Å²) in [5, 5.41) is 3.34. The Morgan fingerprint density at radius 3 is 2.50 bits per heavy atom. The molecule has 0 aromatic rings. The fourth-order valence-electron chi connectivity index (χ4n) is 1.12. The highest BCUT2D eigenvalue weighted by molar-refractivity contribution is 5.93. The van der Waals surface area contributed by atoms with Crippen molar-refractivity contribution < 1.29 is 0 Å². The van der Waals surface area contributed by atoms with Crippen molar-refractivity contribution in [2.75, 3.05) is 13.6 Å². The molecule has 14 heavy (non-hydrogen) atoms. The van der Waals surface area contributed by atoms with E-state index in [2.05, 4.69) is 37.2 Å². The molecular weight excluding hydrogens is 172 g/mol. The lowest BCUT2D eigenvalue weighted by atomic mass is 10.2. The number of hydrogen-bond acceptors (Lipinski definition) is 1. The van der Waals surface area contributed by atoms with Crippen molar-refractivity contribution in [1.82, 2.24) is 5.32 Å². The SMILES string of the molecule is CCCCCNC(/C=C(\C)CC)=NC. The van der Waals surface area contributed by atoms with Crippen molar-refractivity contribution in [2.24, 2.45) is 4.99 Å². The summed E-state index contributed by atoms with van der Waals surface area (Å²) < 4.78 is 0. The molecule has 0 aliphatic carbocycles. The van der Waals surface area contributed by atoms with Gasteiger partial charge >= 0.3 is 0 Å². The van der Waals surface area contributed by atoms with Gasteiger partial charge in [-0.25, -0.2) is 0 Å². The first-order valence-electron chi connectivity index (χ1n) is 5.62. The van der Waals surface area contributed by atoms with E-state index >= 15 is 0 Å². The molecule has 1 N–H and O–H groups in total. The number of nitrogens with zero attached hydrogens (tertiary/aromatic N) is 1. The summed E-state index contributed by atoms with van der Waals surface area (Å²) in [6, 6.07) is 0. The number of amidine groups is 1. The molecule has 2 nitrogen and oxygen atoms in total. The van der Waals surface area contributed by atoms with Gasteiger partial charge < -0.3 is 5.32 Å². The molecule has 0 saturated carbocycles. The van der Waals surface area contributed by atoms with Crippen molar-refractivity contribution in [3.8, 4) is 0 Å². The van der Waals surface area contributed by atoms with Crippen LogP contribution >= 0.6 is 0 Å². The Balaban J connectivity index is 3.82. The van der Waals surface area contributed by atoms with Crippen LogP contribution in [-0.4, -0.2) is 19.4 Å². The summed E-state index contributed by atoms with van der Waals surface area (Å²) in [4.78, 5) is 4.20. The van der Waals surface area contributed by atoms with Crippen LogP contribution in [-0.2, 0) is 0 Å². The van der Waals surface area contributed by atoms with Crippen molar-refractivity contribution in [3.05, 3.63) is 11.6 Å². The number of allylic oxidation sites excluding steroid dienone is 1. The van der Waals surface area contributed by atoms with Crippen LogP contribution in [0.5, 0.6) is 0 Å². The van der Waals surface area contributed by atoms with Gasteiger partial charge in [0.2, 0.25) is 0 Å². The molecular formula is C12H24N2. The molecule has 82 valence electrons. The molecule has 0 heterocycles. The van der Waals surface area contributed by atoms with E-state index in [1.807, 2.05) is 7.05 Å². The summed E-state index contributed by atoms with van der Waals surface area (Å²) in [5.74, 6) is 1.01. The highest BCUT2D eigenvalue weighted by Crippen LogP contribution is 1.98. The van der Waals surface area contributed by atoms with Gasteiger partial charge in [-0.3, -0.25) is 4.99 Å². The first kappa shape index (κ1) is 13.2. The largest absolute Gasteiger partial charge is 0.370 e. The van der Waals surface area contributed by atoms with E-state index in [9.17, 15) is 0 Å². The molecule has 0 amide bonds. The fraction of sp³-hybridized carbons (Fsp3) is 0.750. The van der Waals surface area contributed by atoms with Crippen LogP contribution in [0.4, 0.5) is 0 Å². The summed E-state index contributed by atoms with van der Waals surface area (Å²) in [5.41, 5.74) is 1.37. The number of hydrogen-bond donors (Lipinski definition) is 1. The molecule has 0 radical (unpaired) electrons. The van der Waals surface area contributed by atoms with Crippen LogP contribution in [0.25, 0.3) is 0 Å². The highest BCUT2D eigenvalue weighted by Gasteiger charge is 1.93. The first-order chi connectivity index (χ1) is 6.74. The van der Waals surface area contributed by atoms with Gasteiger partial charge in [-0.15, -0.1) is 0 Å². The standard InChI is InChI=1S/C12H24N2/c1-5-7-8-9-14-12(13-4)10-11(3)6-2/h10H,5-9H2,1-4H3,(H,13,14)/b11-10+. The van der Waals surface area contributed by atoms with Crippen LogP contribution in [0.2, 0.25) is 0 Å². The van der Waals surface area contributed by atoms with Crippen LogP contribution < -0.4 is 5.32 Å². The predicted octanol–water partition coefficient (Wildman–Crippen LogP) is 3.15. The van der Waals surface area contributed by atoms with Crippen LogP contribution in [0, 0.1) is 0 Å². The van der Waals surface area contributed by atoms with Gasteiger partial charge in [0.25, 0.3) is 0 Å². The average Bonchev–Trinajstić information content (AvgIpc) is 2.22. The van der Waals surface area contributed by atoms with Gasteiger partial charge in [-0.05, 0) is 25.8 Å². The van der Waals surface area contributed by atoms with E-state index in [0.29, 0.717) is 0 Å². The number of rotatable bonds is 6. The Hall–Kier alpha value is -0.790. The van der Waals surface area contributed by atoms with Gasteiger partial charge in [0.15, 0.2) is 0 Å². The van der Waals surface area contributed by atoms with E-state index in [4.69, 9.17) is 0 Å². The van der Waals surface area contributed by atoms with E-state index in [-0.39, 0.29) is 0 Å². The molecule has 0 aromatic carbocycles. The number of unbranched alkanes of at least 4 members (excludes halogenated alkanes) is 2. The Morgan fingerprint density at radius 2 is 2.00 bits per heavy atom. The van der Waals surface area contributed by atoms with Gasteiger partial charge in [0, 0.05) is 13.6 Å². The molecule has 2 heteroatoms. The monoisotopic (exact) mass is 196 g/mol. The normalized spacial score (nSPS) is 13.1. The Bertz CT molecular complexity index is 192. The lowest BCUT2D eigenvalue weighted by Crippen LogP contribution is -2.22. The summed E-state index contributed by atoms with van der Waals surface area (Å²) in [6.07, 6.45) is 7.01. The molecule has 0 atom stereocenters. The molecule has 0 aromatic heterocycles. The maximum absolute atomic E-state index is 4.20. The maximum Gasteiger partial charge on any atom is 0.120 e. The second-order valence-electron chi connectivity index (χ2n) is 3.59. The topological polar surface area (TPSA) is 24.4 Å². The van der Waals surface area contributed by atoms with Crippen molar-refractivity contribution in [2.45, 2.75) is 46.5 Å². The minimum atomic E-state index is 1.01. The smallest absolute Gasteiger partial charge is 0.120 e. The molecule has 0 unspecified atom stereocenters.